The predicted octanol–water partition coefficient (Wildman–Crippen LogP) is -3.18. The summed E-state index contributed by atoms with van der Waals surface area (Å²) >= 11 is 0. The van der Waals surface area contributed by atoms with E-state index in [0.717, 1.165) is 18.2 Å². The van der Waals surface area contributed by atoms with Gasteiger partial charge < -0.3 is 19.6 Å². The van der Waals surface area contributed by atoms with E-state index >= 15 is 0 Å². The minimum absolute atomic E-state index is 0. The molecule has 0 radical (unpaired) electrons. The number of hydrogen-bond donors (Lipinski definition) is 2. The van der Waals surface area contributed by atoms with Crippen LogP contribution in [0.1, 0.15) is 0 Å². The van der Waals surface area contributed by atoms with Crippen LogP contribution >= 0.6 is 0 Å². The molecule has 1 aromatic carbocycles. The third-order valence-corrected chi connectivity index (χ3v) is 1.57. The van der Waals surface area contributed by atoms with E-state index in [2.05, 4.69) is 4.18 Å². The van der Waals surface area contributed by atoms with Crippen molar-refractivity contribution in [2.24, 2.45) is 0 Å². The molecule has 72 valence electrons. The van der Waals surface area contributed by atoms with Crippen molar-refractivity contribution < 1.29 is 73.6 Å². The van der Waals surface area contributed by atoms with Gasteiger partial charge in [0.1, 0.15) is 5.75 Å². The SMILES string of the molecule is Nc1cc(O)ccc1OS(=O)(=O)[O-].[K+]. The maximum Gasteiger partial charge on any atom is 1.00 e. The number of hydrogen-bond acceptors (Lipinski definition) is 6. The Kier molecular flexibility index (Phi) is 5.37. The number of phenols is 1. The summed E-state index contributed by atoms with van der Waals surface area (Å²) in [6.45, 7) is 0. The number of anilines is 1. The first kappa shape index (κ1) is 14.2. The molecule has 8 heteroatoms. The Morgan fingerprint density at radius 3 is 2.43 bits per heavy atom. The number of rotatable bonds is 2. The van der Waals surface area contributed by atoms with Gasteiger partial charge in [0.05, 0.1) is 5.69 Å². The number of benzene rings is 1. The van der Waals surface area contributed by atoms with Gasteiger partial charge in [0.15, 0.2) is 5.75 Å². The van der Waals surface area contributed by atoms with Crippen molar-refractivity contribution in [3.8, 4) is 11.5 Å². The van der Waals surface area contributed by atoms with Crippen molar-refractivity contribution in [1.82, 2.24) is 0 Å². The first-order valence-electron chi connectivity index (χ1n) is 3.12. The van der Waals surface area contributed by atoms with Gasteiger partial charge in [0.2, 0.25) is 0 Å². The molecule has 0 atom stereocenters. The van der Waals surface area contributed by atoms with Crippen molar-refractivity contribution >= 4 is 16.1 Å². The van der Waals surface area contributed by atoms with E-state index in [4.69, 9.17) is 10.8 Å². The van der Waals surface area contributed by atoms with Gasteiger partial charge in [0, 0.05) is 6.07 Å². The molecule has 1 aromatic rings. The fraction of sp³-hybridized carbons (Fsp3) is 0. The van der Waals surface area contributed by atoms with Gasteiger partial charge in [-0.3, -0.25) is 0 Å². The summed E-state index contributed by atoms with van der Waals surface area (Å²) in [6.07, 6.45) is 0. The van der Waals surface area contributed by atoms with E-state index in [1.165, 1.54) is 0 Å². The Morgan fingerprint density at radius 2 is 2.00 bits per heavy atom. The molecule has 0 amide bonds. The van der Waals surface area contributed by atoms with Crippen LogP contribution in [0.3, 0.4) is 0 Å². The molecule has 0 saturated heterocycles. The molecule has 0 bridgehead atoms. The summed E-state index contributed by atoms with van der Waals surface area (Å²) in [7, 11) is -4.82. The Bertz CT molecular complexity index is 418. The topological polar surface area (TPSA) is 113 Å². The molecule has 0 spiro atoms. The van der Waals surface area contributed by atoms with Crippen LogP contribution < -0.4 is 61.3 Å². The van der Waals surface area contributed by atoms with Crippen LogP contribution in [0.5, 0.6) is 11.5 Å². The number of nitrogen functional groups attached to an aromatic ring is 1. The Morgan fingerprint density at radius 1 is 1.43 bits per heavy atom. The monoisotopic (exact) mass is 243 g/mol. The molecule has 6 nitrogen and oxygen atoms in total. The van der Waals surface area contributed by atoms with Gasteiger partial charge in [-0.25, -0.2) is 8.42 Å². The second-order valence-corrected chi connectivity index (χ2v) is 3.20. The average molecular weight is 243 g/mol. The van der Waals surface area contributed by atoms with Crippen molar-refractivity contribution in [2.45, 2.75) is 0 Å². The summed E-state index contributed by atoms with van der Waals surface area (Å²) in [6, 6.07) is 3.30. The Labute approximate surface area is 123 Å². The fourth-order valence-electron chi connectivity index (χ4n) is 0.722. The van der Waals surface area contributed by atoms with E-state index in [1.54, 1.807) is 0 Å². The van der Waals surface area contributed by atoms with Crippen LogP contribution in [-0.2, 0) is 10.4 Å². The zero-order valence-corrected chi connectivity index (χ0v) is 11.2. The largest absolute Gasteiger partial charge is 1.00 e. The Balaban J connectivity index is 0.00000169. The van der Waals surface area contributed by atoms with E-state index in [9.17, 15) is 13.0 Å². The normalized spacial score (nSPS) is 10.4. The third kappa shape index (κ3) is 4.60. The van der Waals surface area contributed by atoms with Gasteiger partial charge in [-0.1, -0.05) is 0 Å². The molecule has 3 N–H and O–H groups in total. The zero-order valence-electron chi connectivity index (χ0n) is 7.30. The third-order valence-electron chi connectivity index (χ3n) is 1.19. The second-order valence-electron chi connectivity index (χ2n) is 2.21. The molecule has 0 aromatic heterocycles. The average Bonchev–Trinajstić information content (AvgIpc) is 1.93. The maximum atomic E-state index is 10.1. The molecule has 0 aliphatic heterocycles. The minimum Gasteiger partial charge on any atom is -0.716 e. The number of phenolic OH excluding ortho intramolecular Hbond substituents is 1. The van der Waals surface area contributed by atoms with E-state index in [-0.39, 0.29) is 68.6 Å². The first-order valence-corrected chi connectivity index (χ1v) is 4.45. The summed E-state index contributed by atoms with van der Waals surface area (Å²) in [5.74, 6) is -0.444. The van der Waals surface area contributed by atoms with Crippen molar-refractivity contribution in [3.63, 3.8) is 0 Å². The summed E-state index contributed by atoms with van der Waals surface area (Å²) in [4.78, 5) is 0. The standard InChI is InChI=1S/C6H7NO5S.K/c7-5-3-4(8)1-2-6(5)12-13(9,10)11;/h1-3,8H,7H2,(H,9,10,11);/q;+1/p-1. The number of nitrogens with two attached hydrogens (primary N) is 1. The first-order chi connectivity index (χ1) is 5.88. The van der Waals surface area contributed by atoms with Crippen LogP contribution in [0.2, 0.25) is 0 Å². The second kappa shape index (κ2) is 5.31. The molecule has 0 aliphatic carbocycles. The van der Waals surface area contributed by atoms with Gasteiger partial charge in [0.25, 0.3) is 10.4 Å². The Hall–Kier alpha value is 0.166. The van der Waals surface area contributed by atoms with Crippen LogP contribution in [0, 0.1) is 0 Å². The van der Waals surface area contributed by atoms with E-state index in [1.807, 2.05) is 0 Å². The quantitative estimate of drug-likeness (QED) is 0.245. The summed E-state index contributed by atoms with van der Waals surface area (Å²) in [5.41, 5.74) is 5.11. The fourth-order valence-corrected chi connectivity index (χ4v) is 1.09. The van der Waals surface area contributed by atoms with Crippen molar-refractivity contribution in [2.75, 3.05) is 5.73 Å². The maximum absolute atomic E-state index is 10.1. The van der Waals surface area contributed by atoms with Gasteiger partial charge >= 0.3 is 51.4 Å². The van der Waals surface area contributed by atoms with E-state index in [0.29, 0.717) is 0 Å². The molecular formula is C6H6KNO5S. The van der Waals surface area contributed by atoms with Crippen LogP contribution in [-0.4, -0.2) is 18.1 Å². The van der Waals surface area contributed by atoms with Gasteiger partial charge in [-0.15, -0.1) is 0 Å². The minimum atomic E-state index is -4.82. The molecule has 14 heavy (non-hydrogen) atoms. The van der Waals surface area contributed by atoms with Gasteiger partial charge in [-0.2, -0.15) is 0 Å². The molecule has 1 rings (SSSR count). The zero-order chi connectivity index (χ0) is 10.1. The van der Waals surface area contributed by atoms with Gasteiger partial charge in [-0.05, 0) is 12.1 Å². The molecule has 0 unspecified atom stereocenters. The van der Waals surface area contributed by atoms with Crippen LogP contribution in [0.25, 0.3) is 0 Å². The molecule has 0 heterocycles. The van der Waals surface area contributed by atoms with Crippen molar-refractivity contribution in [1.29, 1.82) is 0 Å². The smallest absolute Gasteiger partial charge is 0.716 e. The van der Waals surface area contributed by atoms with Crippen LogP contribution in [0.15, 0.2) is 18.2 Å². The molecule has 0 aliphatic rings. The summed E-state index contributed by atoms with van der Waals surface area (Å²) < 4.78 is 34.4. The van der Waals surface area contributed by atoms with Crippen molar-refractivity contribution in [3.05, 3.63) is 18.2 Å². The molecule has 0 saturated carbocycles. The van der Waals surface area contributed by atoms with Crippen LogP contribution in [0.4, 0.5) is 5.69 Å². The summed E-state index contributed by atoms with van der Waals surface area (Å²) in [5, 5.41) is 8.87. The predicted molar refractivity (Wildman–Crippen MR) is 42.8 cm³/mol. The molecule has 0 fully saturated rings. The van der Waals surface area contributed by atoms with E-state index < -0.39 is 10.4 Å². The number of aromatic hydroxyl groups is 1. The molecular weight excluding hydrogens is 237 g/mol.